The van der Waals surface area contributed by atoms with Gasteiger partial charge in [-0.15, -0.1) is 11.8 Å². The Morgan fingerprint density at radius 1 is 0.967 bits per heavy atom. The molecule has 0 bridgehead atoms. The topological polar surface area (TPSA) is 64.6 Å². The van der Waals surface area contributed by atoms with Gasteiger partial charge >= 0.3 is 0 Å². The Kier molecular flexibility index (Phi) is 5.86. The average Bonchev–Trinajstić information content (AvgIpc) is 2.77. The zero-order valence-electron chi connectivity index (χ0n) is 17.4. The Hall–Kier alpha value is -2.73. The van der Waals surface area contributed by atoms with Crippen LogP contribution in [0.5, 0.6) is 11.5 Å². The quantitative estimate of drug-likeness (QED) is 0.721. The van der Waals surface area contributed by atoms with Gasteiger partial charge < -0.3 is 14.8 Å². The maximum Gasteiger partial charge on any atom is 0.225 e. The molecule has 2 aromatic rings. The van der Waals surface area contributed by atoms with E-state index in [1.54, 1.807) is 26.0 Å². The van der Waals surface area contributed by atoms with Crippen molar-refractivity contribution in [3.63, 3.8) is 0 Å². The fraction of sp³-hybridized carbons (Fsp3) is 0.333. The van der Waals surface area contributed by atoms with Crippen molar-refractivity contribution in [2.75, 3.05) is 20.5 Å². The molecule has 0 saturated heterocycles. The first-order valence-corrected chi connectivity index (χ1v) is 11.2. The van der Waals surface area contributed by atoms with Crippen LogP contribution in [0.15, 0.2) is 58.6 Å². The van der Waals surface area contributed by atoms with Gasteiger partial charge in [-0.1, -0.05) is 12.1 Å². The van der Waals surface area contributed by atoms with E-state index in [0.29, 0.717) is 19.3 Å². The van der Waals surface area contributed by atoms with Crippen LogP contribution >= 0.6 is 11.8 Å². The summed E-state index contributed by atoms with van der Waals surface area (Å²) in [5.74, 6) is 1.23. The smallest absolute Gasteiger partial charge is 0.225 e. The number of nitrogens with one attached hydrogen (secondary N) is 1. The molecule has 1 N–H and O–H groups in total. The summed E-state index contributed by atoms with van der Waals surface area (Å²) in [7, 11) is 3.24. The summed E-state index contributed by atoms with van der Waals surface area (Å²) >= 11 is 1.67. The van der Waals surface area contributed by atoms with Crippen molar-refractivity contribution in [2.24, 2.45) is 0 Å². The Morgan fingerprint density at radius 2 is 1.73 bits per heavy atom. The monoisotopic (exact) mass is 423 g/mol. The van der Waals surface area contributed by atoms with Gasteiger partial charge in [-0.25, -0.2) is 0 Å². The largest absolute Gasteiger partial charge is 0.497 e. The SMILES string of the molecule is COc1ccc(OC)c([C@H]2CC(=O)C3=C(C2)NC(=O)C[C@@H]3c2ccc(SC)cc2)c1. The highest BCUT2D eigenvalue weighted by Crippen LogP contribution is 2.45. The number of ketones is 1. The van der Waals surface area contributed by atoms with Gasteiger partial charge in [-0.05, 0) is 48.6 Å². The molecule has 0 radical (unpaired) electrons. The summed E-state index contributed by atoms with van der Waals surface area (Å²) in [6.45, 7) is 0. The molecule has 156 valence electrons. The molecule has 1 amide bonds. The number of allylic oxidation sites excluding steroid dienone is 2. The lowest BCUT2D eigenvalue weighted by Gasteiger charge is -2.35. The highest BCUT2D eigenvalue weighted by molar-refractivity contribution is 7.98. The number of carbonyl (C=O) groups excluding carboxylic acids is 2. The first-order valence-electron chi connectivity index (χ1n) is 9.96. The number of carbonyl (C=O) groups is 2. The van der Waals surface area contributed by atoms with E-state index in [4.69, 9.17) is 9.47 Å². The molecule has 4 rings (SSSR count). The van der Waals surface area contributed by atoms with E-state index in [2.05, 4.69) is 5.32 Å². The van der Waals surface area contributed by atoms with Crippen molar-refractivity contribution in [1.29, 1.82) is 0 Å². The normalized spacial score (nSPS) is 21.2. The molecule has 1 aliphatic carbocycles. The summed E-state index contributed by atoms with van der Waals surface area (Å²) in [6, 6.07) is 13.8. The molecule has 2 aliphatic rings. The molecular formula is C24H25NO4S. The zero-order valence-corrected chi connectivity index (χ0v) is 18.2. The third-order valence-corrected chi connectivity index (χ3v) is 6.67. The van der Waals surface area contributed by atoms with Crippen LogP contribution in [0.1, 0.15) is 42.2 Å². The maximum absolute atomic E-state index is 13.3. The Morgan fingerprint density at radius 3 is 2.40 bits per heavy atom. The van der Waals surface area contributed by atoms with Gasteiger partial charge in [0.15, 0.2) is 5.78 Å². The predicted molar refractivity (Wildman–Crippen MR) is 117 cm³/mol. The number of hydrogen-bond donors (Lipinski definition) is 1. The third-order valence-electron chi connectivity index (χ3n) is 5.93. The molecule has 0 aromatic heterocycles. The van der Waals surface area contributed by atoms with Gasteiger partial charge in [0.1, 0.15) is 11.5 Å². The molecule has 2 aromatic carbocycles. The van der Waals surface area contributed by atoms with Crippen molar-refractivity contribution in [2.45, 2.75) is 36.0 Å². The molecule has 0 fully saturated rings. The molecule has 6 heteroatoms. The lowest BCUT2D eigenvalue weighted by molar-refractivity contribution is -0.122. The summed E-state index contributed by atoms with van der Waals surface area (Å²) in [5, 5.41) is 2.98. The van der Waals surface area contributed by atoms with Crippen LogP contribution in [-0.4, -0.2) is 32.2 Å². The van der Waals surface area contributed by atoms with Crippen molar-refractivity contribution in [3.8, 4) is 11.5 Å². The summed E-state index contributed by atoms with van der Waals surface area (Å²) in [4.78, 5) is 26.9. The van der Waals surface area contributed by atoms with E-state index < -0.39 is 0 Å². The second-order valence-electron chi connectivity index (χ2n) is 7.61. The van der Waals surface area contributed by atoms with Gasteiger partial charge in [-0.2, -0.15) is 0 Å². The summed E-state index contributed by atoms with van der Waals surface area (Å²) in [6.07, 6.45) is 3.31. The minimum Gasteiger partial charge on any atom is -0.497 e. The van der Waals surface area contributed by atoms with Gasteiger partial charge in [0.05, 0.1) is 14.2 Å². The molecule has 2 atom stereocenters. The number of amides is 1. The average molecular weight is 424 g/mol. The third kappa shape index (κ3) is 3.84. The highest BCUT2D eigenvalue weighted by Gasteiger charge is 2.38. The minimum absolute atomic E-state index is 0.0428. The van der Waals surface area contributed by atoms with E-state index in [0.717, 1.165) is 38.8 Å². The molecule has 1 aliphatic heterocycles. The lowest BCUT2D eigenvalue weighted by atomic mass is 9.73. The van der Waals surface area contributed by atoms with E-state index in [-0.39, 0.29) is 23.5 Å². The summed E-state index contributed by atoms with van der Waals surface area (Å²) in [5.41, 5.74) is 3.44. The van der Waals surface area contributed by atoms with Crippen LogP contribution in [0.3, 0.4) is 0 Å². The molecule has 0 saturated carbocycles. The second-order valence-corrected chi connectivity index (χ2v) is 8.49. The van der Waals surface area contributed by atoms with Crippen molar-refractivity contribution < 1.29 is 19.1 Å². The van der Waals surface area contributed by atoms with Crippen LogP contribution in [0, 0.1) is 0 Å². The first kappa shape index (κ1) is 20.5. The molecular weight excluding hydrogens is 398 g/mol. The molecule has 5 nitrogen and oxygen atoms in total. The highest BCUT2D eigenvalue weighted by atomic mass is 32.2. The second kappa shape index (κ2) is 8.56. The molecule has 0 spiro atoms. The number of benzene rings is 2. The standard InChI is InChI=1S/C24H25NO4S/c1-28-16-6-9-22(29-2)18(12-16)15-10-20-24(21(26)11-15)19(13-23(27)25-20)14-4-7-17(30-3)8-5-14/h4-9,12,15,19H,10-11,13H2,1-3H3,(H,25,27)/t15-,19-/m1/s1. The van der Waals surface area contributed by atoms with Crippen LogP contribution in [0.25, 0.3) is 0 Å². The van der Waals surface area contributed by atoms with Gasteiger partial charge in [0.25, 0.3) is 0 Å². The number of Topliss-reactive ketones (excluding diaryl/α,β-unsaturated/α-hetero) is 1. The zero-order chi connectivity index (χ0) is 21.3. The molecule has 0 unspecified atom stereocenters. The van der Waals surface area contributed by atoms with Crippen LogP contribution in [0.2, 0.25) is 0 Å². The fourth-order valence-electron chi connectivity index (χ4n) is 4.46. The Balaban J connectivity index is 1.71. The number of ether oxygens (including phenoxy) is 2. The van der Waals surface area contributed by atoms with Crippen molar-refractivity contribution >= 4 is 23.5 Å². The van der Waals surface area contributed by atoms with E-state index in [1.807, 2.05) is 48.7 Å². The predicted octanol–water partition coefficient (Wildman–Crippen LogP) is 4.43. The number of hydrogen-bond acceptors (Lipinski definition) is 5. The van der Waals surface area contributed by atoms with Gasteiger partial charge in [0.2, 0.25) is 5.91 Å². The van der Waals surface area contributed by atoms with Gasteiger partial charge in [0, 0.05) is 46.4 Å². The van der Waals surface area contributed by atoms with E-state index in [9.17, 15) is 9.59 Å². The molecule has 1 heterocycles. The van der Waals surface area contributed by atoms with E-state index >= 15 is 0 Å². The lowest BCUT2D eigenvalue weighted by Crippen LogP contribution is -2.38. The maximum atomic E-state index is 13.3. The van der Waals surface area contributed by atoms with Gasteiger partial charge in [-0.3, -0.25) is 9.59 Å². The number of methoxy groups -OCH3 is 2. The Labute approximate surface area is 180 Å². The van der Waals surface area contributed by atoms with Crippen LogP contribution in [-0.2, 0) is 9.59 Å². The van der Waals surface area contributed by atoms with Crippen LogP contribution < -0.4 is 14.8 Å². The number of thioether (sulfide) groups is 1. The fourth-order valence-corrected chi connectivity index (χ4v) is 4.87. The Bertz CT molecular complexity index is 1010. The van der Waals surface area contributed by atoms with Crippen LogP contribution in [0.4, 0.5) is 0 Å². The summed E-state index contributed by atoms with van der Waals surface area (Å²) < 4.78 is 10.9. The first-order chi connectivity index (χ1) is 14.5. The molecule has 30 heavy (non-hydrogen) atoms. The van der Waals surface area contributed by atoms with E-state index in [1.165, 1.54) is 0 Å². The van der Waals surface area contributed by atoms with Crippen molar-refractivity contribution in [1.82, 2.24) is 5.32 Å². The minimum atomic E-state index is -0.190. The number of rotatable bonds is 5. The van der Waals surface area contributed by atoms with Crippen molar-refractivity contribution in [3.05, 3.63) is 64.9 Å².